The Kier molecular flexibility index (Phi) is 6.87. The van der Waals surface area contributed by atoms with Crippen molar-refractivity contribution in [3.63, 3.8) is 0 Å². The molecule has 3 aromatic rings. The number of nitrogens with two attached hydrogens (primary N) is 1. The average molecular weight is 411 g/mol. The van der Waals surface area contributed by atoms with E-state index in [1.807, 2.05) is 30.3 Å². The van der Waals surface area contributed by atoms with Crippen molar-refractivity contribution in [1.29, 1.82) is 0 Å². The fraction of sp³-hybridized carbons (Fsp3) is 0.238. The fourth-order valence-corrected chi connectivity index (χ4v) is 3.19. The predicted octanol–water partition coefficient (Wildman–Crippen LogP) is 2.00. The Morgan fingerprint density at radius 2 is 1.93 bits per heavy atom. The highest BCUT2D eigenvalue weighted by Crippen LogP contribution is 2.22. The van der Waals surface area contributed by atoms with E-state index in [2.05, 4.69) is 20.7 Å². The number of hydrogen-bond donors (Lipinski definition) is 4. The summed E-state index contributed by atoms with van der Waals surface area (Å²) in [6.07, 6.45) is 1.86. The van der Waals surface area contributed by atoms with Gasteiger partial charge in [-0.2, -0.15) is 15.4 Å². The number of halogens is 1. The number of amides is 1. The summed E-state index contributed by atoms with van der Waals surface area (Å²) in [5.74, 6) is -2.57. The topological polar surface area (TPSA) is 134 Å². The van der Waals surface area contributed by atoms with Crippen molar-refractivity contribution in [2.24, 2.45) is 11.7 Å². The maximum atomic E-state index is 13.5. The Hall–Kier alpha value is -3.59. The van der Waals surface area contributed by atoms with Crippen molar-refractivity contribution in [2.75, 3.05) is 6.54 Å². The largest absolute Gasteiger partial charge is 0.481 e. The Balaban J connectivity index is 1.75. The Bertz CT molecular complexity index is 992. The van der Waals surface area contributed by atoms with Gasteiger partial charge in [-0.1, -0.05) is 36.4 Å². The van der Waals surface area contributed by atoms with Crippen LogP contribution < -0.4 is 11.1 Å². The second-order valence-electron chi connectivity index (χ2n) is 6.94. The molecule has 0 fully saturated rings. The lowest BCUT2D eigenvalue weighted by atomic mass is 9.94. The number of rotatable bonds is 9. The van der Waals surface area contributed by atoms with Gasteiger partial charge in [0.2, 0.25) is 0 Å². The van der Waals surface area contributed by atoms with Crippen LogP contribution >= 0.6 is 0 Å². The number of benzene rings is 2. The summed E-state index contributed by atoms with van der Waals surface area (Å²) in [7, 11) is 0. The van der Waals surface area contributed by atoms with Crippen LogP contribution in [0.15, 0.2) is 54.7 Å². The highest BCUT2D eigenvalue weighted by Gasteiger charge is 2.24. The highest BCUT2D eigenvalue weighted by atomic mass is 19.1. The first-order valence-electron chi connectivity index (χ1n) is 9.40. The van der Waals surface area contributed by atoms with Crippen LogP contribution in [0.25, 0.3) is 11.1 Å². The molecule has 9 heteroatoms. The third kappa shape index (κ3) is 5.48. The zero-order chi connectivity index (χ0) is 21.5. The second kappa shape index (κ2) is 9.75. The van der Waals surface area contributed by atoms with Crippen LogP contribution in [0.1, 0.15) is 22.5 Å². The van der Waals surface area contributed by atoms with E-state index in [1.165, 1.54) is 18.3 Å². The number of carbonyl (C=O) groups excluding carboxylic acids is 1. The molecule has 8 nitrogen and oxygen atoms in total. The lowest BCUT2D eigenvalue weighted by Gasteiger charge is -2.21. The second-order valence-corrected chi connectivity index (χ2v) is 6.94. The summed E-state index contributed by atoms with van der Waals surface area (Å²) in [5, 5.41) is 21.9. The summed E-state index contributed by atoms with van der Waals surface area (Å²) in [5.41, 5.74) is 8.20. The van der Waals surface area contributed by atoms with E-state index in [4.69, 9.17) is 5.73 Å². The van der Waals surface area contributed by atoms with E-state index < -0.39 is 23.8 Å². The van der Waals surface area contributed by atoms with Crippen molar-refractivity contribution < 1.29 is 19.1 Å². The van der Waals surface area contributed by atoms with E-state index in [1.54, 1.807) is 6.07 Å². The number of aromatic amines is 1. The van der Waals surface area contributed by atoms with E-state index in [9.17, 15) is 19.1 Å². The van der Waals surface area contributed by atoms with Crippen LogP contribution in [0.3, 0.4) is 0 Å². The molecule has 2 aromatic carbocycles. The molecule has 2 atom stereocenters. The van der Waals surface area contributed by atoms with Crippen molar-refractivity contribution >= 4 is 11.9 Å². The summed E-state index contributed by atoms with van der Waals surface area (Å²) in [6, 6.07) is 13.3. The van der Waals surface area contributed by atoms with Crippen molar-refractivity contribution in [3.05, 3.63) is 71.8 Å². The standard InChI is InChI=1S/C21H22FN5O3/c22-17-3-1-2-15(9-17)14-6-4-13(5-7-14)8-18(10-16(11-23)21(29)30)25-20(28)19-12-24-27-26-19/h1-7,9,12,16,18H,8,10-11,23H2,(H,25,28)(H,29,30)(H,24,26,27)/t16-,18-/m1/s1. The van der Waals surface area contributed by atoms with Gasteiger partial charge in [0.15, 0.2) is 5.69 Å². The first-order chi connectivity index (χ1) is 14.5. The monoisotopic (exact) mass is 411 g/mol. The maximum Gasteiger partial charge on any atom is 0.307 e. The molecule has 5 N–H and O–H groups in total. The molecule has 30 heavy (non-hydrogen) atoms. The third-order valence-corrected chi connectivity index (χ3v) is 4.78. The zero-order valence-corrected chi connectivity index (χ0v) is 16.1. The predicted molar refractivity (Wildman–Crippen MR) is 108 cm³/mol. The number of carboxylic acids is 1. The lowest BCUT2D eigenvalue weighted by molar-refractivity contribution is -0.141. The van der Waals surface area contributed by atoms with Gasteiger partial charge in [-0.25, -0.2) is 4.39 Å². The molecular formula is C21H22FN5O3. The number of carboxylic acid groups (broad SMARTS) is 1. The summed E-state index contributed by atoms with van der Waals surface area (Å²) in [4.78, 5) is 23.8. The maximum absolute atomic E-state index is 13.5. The van der Waals surface area contributed by atoms with Crippen molar-refractivity contribution in [3.8, 4) is 11.1 Å². The molecule has 0 saturated heterocycles. The number of nitrogens with zero attached hydrogens (tertiary/aromatic N) is 2. The molecule has 0 aliphatic rings. The number of nitrogens with one attached hydrogen (secondary N) is 2. The van der Waals surface area contributed by atoms with Crippen molar-refractivity contribution in [1.82, 2.24) is 20.7 Å². The van der Waals surface area contributed by atoms with Gasteiger partial charge in [-0.3, -0.25) is 9.59 Å². The highest BCUT2D eigenvalue weighted by molar-refractivity contribution is 5.92. The van der Waals surface area contributed by atoms with Gasteiger partial charge in [0.25, 0.3) is 5.91 Å². The summed E-state index contributed by atoms with van der Waals surface area (Å²) in [6.45, 7) is -0.0375. The number of aromatic nitrogens is 3. The first kappa shape index (κ1) is 21.1. The van der Waals surface area contributed by atoms with Gasteiger partial charge in [0.05, 0.1) is 12.1 Å². The number of carbonyl (C=O) groups is 2. The molecule has 1 amide bonds. The summed E-state index contributed by atoms with van der Waals surface area (Å²) < 4.78 is 13.5. The van der Waals surface area contributed by atoms with E-state index in [-0.39, 0.29) is 24.5 Å². The number of aliphatic carboxylic acids is 1. The van der Waals surface area contributed by atoms with Gasteiger partial charge < -0.3 is 16.2 Å². The first-order valence-corrected chi connectivity index (χ1v) is 9.40. The van der Waals surface area contributed by atoms with Crippen LogP contribution in [0.4, 0.5) is 4.39 Å². The van der Waals surface area contributed by atoms with Crippen LogP contribution in [0.2, 0.25) is 0 Å². The molecule has 156 valence electrons. The quantitative estimate of drug-likeness (QED) is 0.425. The lowest BCUT2D eigenvalue weighted by Crippen LogP contribution is -2.40. The molecule has 0 radical (unpaired) electrons. The van der Waals surface area contributed by atoms with Gasteiger partial charge in [0.1, 0.15) is 5.82 Å². The average Bonchev–Trinajstić information content (AvgIpc) is 3.27. The molecule has 0 aliphatic heterocycles. The van der Waals surface area contributed by atoms with Gasteiger partial charge in [-0.05, 0) is 41.7 Å². The van der Waals surface area contributed by atoms with Crippen LogP contribution in [-0.2, 0) is 11.2 Å². The number of hydrogen-bond acceptors (Lipinski definition) is 5. The molecule has 0 bridgehead atoms. The minimum Gasteiger partial charge on any atom is -0.481 e. The SMILES string of the molecule is NC[C@@H](C[C@@H](Cc1ccc(-c2cccc(F)c2)cc1)NC(=O)c1cn[nH]n1)C(=O)O. The molecule has 0 aliphatic carbocycles. The Labute approximate surface area is 172 Å². The molecule has 1 aromatic heterocycles. The molecule has 0 unspecified atom stereocenters. The van der Waals surface area contributed by atoms with Crippen LogP contribution in [0.5, 0.6) is 0 Å². The van der Waals surface area contributed by atoms with Crippen molar-refractivity contribution in [2.45, 2.75) is 18.9 Å². The van der Waals surface area contributed by atoms with E-state index in [0.29, 0.717) is 6.42 Å². The molecule has 0 saturated carbocycles. The molecule has 0 spiro atoms. The molecular weight excluding hydrogens is 389 g/mol. The minimum absolute atomic E-state index is 0.0375. The van der Waals surface area contributed by atoms with Gasteiger partial charge in [0, 0.05) is 12.6 Å². The van der Waals surface area contributed by atoms with Crippen LogP contribution in [0, 0.1) is 11.7 Å². The third-order valence-electron chi connectivity index (χ3n) is 4.78. The Morgan fingerprint density at radius 3 is 2.53 bits per heavy atom. The normalized spacial score (nSPS) is 12.9. The zero-order valence-electron chi connectivity index (χ0n) is 16.1. The van der Waals surface area contributed by atoms with Gasteiger partial charge in [-0.15, -0.1) is 0 Å². The van der Waals surface area contributed by atoms with Gasteiger partial charge >= 0.3 is 5.97 Å². The Morgan fingerprint density at radius 1 is 1.17 bits per heavy atom. The smallest absolute Gasteiger partial charge is 0.307 e. The fourth-order valence-electron chi connectivity index (χ4n) is 3.19. The molecule has 3 rings (SSSR count). The van der Waals surface area contributed by atoms with Crippen LogP contribution in [-0.4, -0.2) is 45.0 Å². The molecule has 1 heterocycles. The van der Waals surface area contributed by atoms with E-state index in [0.717, 1.165) is 16.7 Å². The summed E-state index contributed by atoms with van der Waals surface area (Å²) >= 11 is 0. The number of H-pyrrole nitrogens is 1. The van der Waals surface area contributed by atoms with E-state index >= 15 is 0 Å². The minimum atomic E-state index is -1.01.